The summed E-state index contributed by atoms with van der Waals surface area (Å²) < 4.78 is 28.5. The fourth-order valence-corrected chi connectivity index (χ4v) is 6.07. The minimum atomic E-state index is -4.16. The Morgan fingerprint density at radius 2 is 1.49 bits per heavy atom. The van der Waals surface area contributed by atoms with Crippen LogP contribution in [0.4, 0.5) is 5.69 Å². The van der Waals surface area contributed by atoms with Crippen LogP contribution in [-0.4, -0.2) is 44.3 Å². The van der Waals surface area contributed by atoms with Crippen LogP contribution < -0.4 is 9.62 Å². The molecule has 0 spiro atoms. The number of nitrogens with one attached hydrogen (secondary N) is 1. The number of sulfonamides is 1. The molecule has 1 N–H and O–H groups in total. The lowest BCUT2D eigenvalue weighted by Gasteiger charge is -2.33. The van der Waals surface area contributed by atoms with Crippen LogP contribution >= 0.6 is 34.8 Å². The Balaban J connectivity index is 2.07. The summed E-state index contributed by atoms with van der Waals surface area (Å²) in [5.74, 6) is -0.946. The smallest absolute Gasteiger partial charge is 0.264 e. The van der Waals surface area contributed by atoms with E-state index in [1.54, 1.807) is 55.5 Å². The molecule has 3 aromatic carbocycles. The molecule has 11 heteroatoms. The lowest BCUT2D eigenvalue weighted by Crippen LogP contribution is -2.52. The van der Waals surface area contributed by atoms with Crippen molar-refractivity contribution in [3.8, 4) is 0 Å². The fraction of sp³-hybridized carbons (Fsp3) is 0.286. The van der Waals surface area contributed by atoms with Crippen molar-refractivity contribution in [2.45, 2.75) is 44.2 Å². The number of hydrogen-bond acceptors (Lipinski definition) is 4. The highest BCUT2D eigenvalue weighted by Gasteiger charge is 2.34. The van der Waals surface area contributed by atoms with E-state index in [4.69, 9.17) is 34.8 Å². The molecule has 0 aliphatic rings. The van der Waals surface area contributed by atoms with E-state index >= 15 is 0 Å². The van der Waals surface area contributed by atoms with E-state index in [2.05, 4.69) is 5.32 Å². The van der Waals surface area contributed by atoms with Crippen molar-refractivity contribution in [3.63, 3.8) is 0 Å². The molecule has 39 heavy (non-hydrogen) atoms. The summed E-state index contributed by atoms with van der Waals surface area (Å²) in [6.07, 6.45) is 1.00. The zero-order valence-corrected chi connectivity index (χ0v) is 24.7. The normalized spacial score (nSPS) is 12.0. The Bertz CT molecular complexity index is 1370. The Morgan fingerprint density at radius 3 is 2.05 bits per heavy atom. The van der Waals surface area contributed by atoms with Gasteiger partial charge in [-0.25, -0.2) is 8.42 Å². The van der Waals surface area contributed by atoms with E-state index < -0.39 is 28.5 Å². The first-order chi connectivity index (χ1) is 18.6. The predicted molar refractivity (Wildman–Crippen MR) is 157 cm³/mol. The third kappa shape index (κ3) is 7.66. The van der Waals surface area contributed by atoms with E-state index in [1.165, 1.54) is 29.2 Å². The maximum atomic E-state index is 14.0. The topological polar surface area (TPSA) is 86.8 Å². The zero-order valence-electron chi connectivity index (χ0n) is 21.6. The molecule has 0 aromatic heterocycles. The highest BCUT2D eigenvalue weighted by atomic mass is 35.5. The van der Waals surface area contributed by atoms with E-state index in [0.29, 0.717) is 33.6 Å². The van der Waals surface area contributed by atoms with Gasteiger partial charge < -0.3 is 10.2 Å². The monoisotopic (exact) mass is 609 g/mol. The number of halogens is 3. The first-order valence-corrected chi connectivity index (χ1v) is 15.0. The molecule has 2 amide bonds. The van der Waals surface area contributed by atoms with Gasteiger partial charge in [0.1, 0.15) is 12.6 Å². The molecule has 0 aliphatic carbocycles. The summed E-state index contributed by atoms with van der Waals surface area (Å²) in [5.41, 5.74) is 0.704. The Hall–Kier alpha value is -2.78. The average molecular weight is 611 g/mol. The summed E-state index contributed by atoms with van der Waals surface area (Å²) in [5, 5.41) is 3.91. The van der Waals surface area contributed by atoms with Crippen molar-refractivity contribution in [2.75, 3.05) is 17.4 Å². The largest absolute Gasteiger partial charge is 0.354 e. The van der Waals surface area contributed by atoms with Crippen molar-refractivity contribution >= 4 is 62.3 Å². The van der Waals surface area contributed by atoms with Gasteiger partial charge in [0.15, 0.2) is 0 Å². The lowest BCUT2D eigenvalue weighted by atomic mass is 10.1. The first-order valence-electron chi connectivity index (χ1n) is 12.4. The molecule has 1 atom stereocenters. The van der Waals surface area contributed by atoms with Crippen LogP contribution in [0.5, 0.6) is 0 Å². The molecule has 208 valence electrons. The van der Waals surface area contributed by atoms with Crippen LogP contribution in [0.25, 0.3) is 0 Å². The van der Waals surface area contributed by atoms with Gasteiger partial charge in [0.05, 0.1) is 10.6 Å². The molecule has 0 radical (unpaired) electrons. The second-order valence-electron chi connectivity index (χ2n) is 8.74. The SMILES string of the molecule is CCCNC(=O)C(CC)N(Cc1c(Cl)cccc1Cl)C(=O)CN(c1ccc(Cl)cc1)S(=O)(=O)c1ccccc1. The van der Waals surface area contributed by atoms with Crippen molar-refractivity contribution in [1.29, 1.82) is 0 Å². The number of nitrogens with zero attached hydrogens (tertiary/aromatic N) is 2. The Kier molecular flexibility index (Phi) is 11.1. The van der Waals surface area contributed by atoms with Crippen LogP contribution in [-0.2, 0) is 26.2 Å². The number of hydrogen-bond donors (Lipinski definition) is 1. The second kappa shape index (κ2) is 14.0. The molecule has 0 fully saturated rings. The maximum absolute atomic E-state index is 14.0. The summed E-state index contributed by atoms with van der Waals surface area (Å²) in [7, 11) is -4.16. The zero-order chi connectivity index (χ0) is 28.6. The lowest BCUT2D eigenvalue weighted by molar-refractivity contribution is -0.140. The average Bonchev–Trinajstić information content (AvgIpc) is 2.92. The van der Waals surface area contributed by atoms with Crippen LogP contribution in [0.2, 0.25) is 15.1 Å². The van der Waals surface area contributed by atoms with Gasteiger partial charge in [-0.2, -0.15) is 0 Å². The van der Waals surface area contributed by atoms with Gasteiger partial charge in [-0.15, -0.1) is 0 Å². The molecule has 0 bridgehead atoms. The summed E-state index contributed by atoms with van der Waals surface area (Å²) >= 11 is 18.9. The van der Waals surface area contributed by atoms with Crippen molar-refractivity contribution < 1.29 is 18.0 Å². The minimum Gasteiger partial charge on any atom is -0.354 e. The third-order valence-electron chi connectivity index (χ3n) is 6.05. The predicted octanol–water partition coefficient (Wildman–Crippen LogP) is 6.18. The minimum absolute atomic E-state index is 0.0150. The Morgan fingerprint density at radius 1 is 0.872 bits per heavy atom. The van der Waals surface area contributed by atoms with E-state index in [-0.39, 0.29) is 29.5 Å². The van der Waals surface area contributed by atoms with Crippen LogP contribution in [0.1, 0.15) is 32.3 Å². The number of anilines is 1. The number of carbonyl (C=O) groups excluding carboxylic acids is 2. The molecule has 3 aromatic rings. The van der Waals surface area contributed by atoms with E-state index in [9.17, 15) is 18.0 Å². The molecule has 0 aliphatic heterocycles. The van der Waals surface area contributed by atoms with E-state index in [1.807, 2.05) is 6.92 Å². The van der Waals surface area contributed by atoms with Gasteiger partial charge in [-0.1, -0.05) is 72.9 Å². The number of benzene rings is 3. The number of amides is 2. The quantitative estimate of drug-likeness (QED) is 0.266. The summed E-state index contributed by atoms with van der Waals surface area (Å²) in [6.45, 7) is 3.48. The molecule has 1 unspecified atom stereocenters. The second-order valence-corrected chi connectivity index (χ2v) is 11.9. The van der Waals surface area contributed by atoms with Crippen LogP contribution in [0, 0.1) is 0 Å². The number of rotatable bonds is 12. The van der Waals surface area contributed by atoms with Gasteiger partial charge in [0.25, 0.3) is 10.0 Å². The fourth-order valence-electron chi connectivity index (χ4n) is 4.00. The molecular weight excluding hydrogens is 581 g/mol. The molecular formula is C28H30Cl3N3O4S. The van der Waals surface area contributed by atoms with Crippen LogP contribution in [0.3, 0.4) is 0 Å². The first kappa shape index (κ1) is 30.8. The van der Waals surface area contributed by atoms with Crippen molar-refractivity contribution in [3.05, 3.63) is 93.4 Å². The van der Waals surface area contributed by atoms with E-state index in [0.717, 1.165) is 4.31 Å². The molecule has 0 heterocycles. The van der Waals surface area contributed by atoms with Crippen molar-refractivity contribution in [1.82, 2.24) is 10.2 Å². The highest BCUT2D eigenvalue weighted by molar-refractivity contribution is 7.92. The van der Waals surface area contributed by atoms with Crippen molar-refractivity contribution in [2.24, 2.45) is 0 Å². The maximum Gasteiger partial charge on any atom is 0.264 e. The van der Waals surface area contributed by atoms with Gasteiger partial charge >= 0.3 is 0 Å². The molecule has 7 nitrogen and oxygen atoms in total. The van der Waals surface area contributed by atoms with Gasteiger partial charge in [0.2, 0.25) is 11.8 Å². The van der Waals surface area contributed by atoms with Gasteiger partial charge in [-0.3, -0.25) is 13.9 Å². The molecule has 3 rings (SSSR count). The van der Waals surface area contributed by atoms with Gasteiger partial charge in [-0.05, 0) is 61.4 Å². The standard InChI is InChI=1S/C28H30Cl3N3O4S/c1-3-17-32-28(36)26(4-2)33(18-23-24(30)11-8-12-25(23)31)27(35)19-34(21-15-13-20(29)14-16-21)39(37,38)22-9-6-5-7-10-22/h5-16,26H,3-4,17-19H2,1-2H3,(H,32,36). The summed E-state index contributed by atoms with van der Waals surface area (Å²) in [6, 6.07) is 18.0. The summed E-state index contributed by atoms with van der Waals surface area (Å²) in [4.78, 5) is 28.5. The molecule has 0 saturated carbocycles. The van der Waals surface area contributed by atoms with Gasteiger partial charge in [0, 0.05) is 33.7 Å². The van der Waals surface area contributed by atoms with Crippen LogP contribution in [0.15, 0.2) is 77.7 Å². The molecule has 0 saturated heterocycles. The Labute approximate surface area is 244 Å². The number of carbonyl (C=O) groups is 2. The third-order valence-corrected chi connectivity index (χ3v) is 8.80. The highest BCUT2D eigenvalue weighted by Crippen LogP contribution is 2.29.